The quantitative estimate of drug-likeness (QED) is 0.919. The SMILES string of the molecule is COc1ccccc1/C=C/CN[C@@H]1CCc2nc(C)nn2C1. The smallest absolute Gasteiger partial charge is 0.147 e. The number of para-hydroxylation sites is 1. The van der Waals surface area contributed by atoms with Crippen LogP contribution in [0.2, 0.25) is 0 Å². The molecule has 0 saturated heterocycles. The molecular formula is C17H22N4O. The fourth-order valence-electron chi connectivity index (χ4n) is 2.83. The molecule has 0 spiro atoms. The molecule has 5 heteroatoms. The first-order valence-electron chi connectivity index (χ1n) is 7.69. The third-order valence-corrected chi connectivity index (χ3v) is 3.92. The molecule has 0 amide bonds. The van der Waals surface area contributed by atoms with Gasteiger partial charge < -0.3 is 10.1 Å². The van der Waals surface area contributed by atoms with Gasteiger partial charge in [0.1, 0.15) is 17.4 Å². The zero-order valence-corrected chi connectivity index (χ0v) is 13.1. The van der Waals surface area contributed by atoms with Crippen LogP contribution in [0.3, 0.4) is 0 Å². The minimum Gasteiger partial charge on any atom is -0.496 e. The van der Waals surface area contributed by atoms with Gasteiger partial charge >= 0.3 is 0 Å². The summed E-state index contributed by atoms with van der Waals surface area (Å²) in [6.45, 7) is 3.69. The largest absolute Gasteiger partial charge is 0.496 e. The van der Waals surface area contributed by atoms with E-state index in [1.165, 1.54) is 0 Å². The average Bonchev–Trinajstić information content (AvgIpc) is 2.91. The average molecular weight is 298 g/mol. The molecule has 116 valence electrons. The highest BCUT2D eigenvalue weighted by Gasteiger charge is 2.19. The fourth-order valence-corrected chi connectivity index (χ4v) is 2.83. The molecule has 1 aliphatic heterocycles. The van der Waals surface area contributed by atoms with Crippen LogP contribution in [0, 0.1) is 6.92 Å². The molecule has 1 aliphatic rings. The zero-order chi connectivity index (χ0) is 15.4. The van der Waals surface area contributed by atoms with E-state index in [1.54, 1.807) is 7.11 Å². The van der Waals surface area contributed by atoms with Crippen LogP contribution in [0.4, 0.5) is 0 Å². The number of rotatable bonds is 5. The van der Waals surface area contributed by atoms with Crippen LogP contribution in [0.25, 0.3) is 6.08 Å². The Morgan fingerprint density at radius 1 is 1.41 bits per heavy atom. The van der Waals surface area contributed by atoms with Crippen molar-refractivity contribution >= 4 is 6.08 Å². The number of hydrogen-bond donors (Lipinski definition) is 1. The lowest BCUT2D eigenvalue weighted by Crippen LogP contribution is -2.37. The van der Waals surface area contributed by atoms with Crippen molar-refractivity contribution in [2.45, 2.75) is 32.4 Å². The van der Waals surface area contributed by atoms with Crippen molar-refractivity contribution in [3.05, 3.63) is 47.6 Å². The number of benzene rings is 1. The van der Waals surface area contributed by atoms with Crippen molar-refractivity contribution in [2.24, 2.45) is 0 Å². The Bertz CT molecular complexity index is 662. The molecule has 2 aromatic rings. The predicted octanol–water partition coefficient (Wildman–Crippen LogP) is 2.21. The van der Waals surface area contributed by atoms with E-state index in [4.69, 9.17) is 4.74 Å². The van der Waals surface area contributed by atoms with Gasteiger partial charge in [0.25, 0.3) is 0 Å². The number of methoxy groups -OCH3 is 1. The summed E-state index contributed by atoms with van der Waals surface area (Å²) in [6.07, 6.45) is 6.34. The van der Waals surface area contributed by atoms with Crippen LogP contribution in [0.15, 0.2) is 30.3 Å². The van der Waals surface area contributed by atoms with Gasteiger partial charge in [-0.05, 0) is 19.4 Å². The molecule has 1 atom stereocenters. The van der Waals surface area contributed by atoms with Gasteiger partial charge in [0.2, 0.25) is 0 Å². The van der Waals surface area contributed by atoms with E-state index in [-0.39, 0.29) is 0 Å². The Kier molecular flexibility index (Phi) is 4.53. The Hall–Kier alpha value is -2.14. The molecule has 22 heavy (non-hydrogen) atoms. The topological polar surface area (TPSA) is 52.0 Å². The van der Waals surface area contributed by atoms with Gasteiger partial charge in [-0.25, -0.2) is 9.67 Å². The van der Waals surface area contributed by atoms with Crippen molar-refractivity contribution in [1.82, 2.24) is 20.1 Å². The molecule has 0 unspecified atom stereocenters. The van der Waals surface area contributed by atoms with Crippen molar-refractivity contribution in [3.63, 3.8) is 0 Å². The third kappa shape index (κ3) is 3.36. The number of nitrogens with zero attached hydrogens (tertiary/aromatic N) is 3. The minimum atomic E-state index is 0.455. The zero-order valence-electron chi connectivity index (χ0n) is 13.1. The maximum atomic E-state index is 5.34. The first kappa shape index (κ1) is 14.8. The molecule has 0 bridgehead atoms. The Balaban J connectivity index is 1.52. The fraction of sp³-hybridized carbons (Fsp3) is 0.412. The molecule has 1 aromatic carbocycles. The van der Waals surface area contributed by atoms with Gasteiger partial charge in [0.15, 0.2) is 0 Å². The van der Waals surface area contributed by atoms with Gasteiger partial charge in [0, 0.05) is 24.6 Å². The molecule has 1 N–H and O–H groups in total. The summed E-state index contributed by atoms with van der Waals surface area (Å²) in [5, 5.41) is 7.99. The lowest BCUT2D eigenvalue weighted by Gasteiger charge is -2.23. The van der Waals surface area contributed by atoms with Gasteiger partial charge in [-0.15, -0.1) is 0 Å². The van der Waals surface area contributed by atoms with Crippen LogP contribution in [-0.4, -0.2) is 34.5 Å². The van der Waals surface area contributed by atoms with Crippen LogP contribution in [0.1, 0.15) is 23.6 Å². The second kappa shape index (κ2) is 6.75. The van der Waals surface area contributed by atoms with Crippen molar-refractivity contribution in [1.29, 1.82) is 0 Å². The van der Waals surface area contributed by atoms with E-state index in [2.05, 4.69) is 33.6 Å². The summed E-state index contributed by atoms with van der Waals surface area (Å²) >= 11 is 0. The second-order valence-electron chi connectivity index (χ2n) is 5.55. The van der Waals surface area contributed by atoms with Gasteiger partial charge in [-0.1, -0.05) is 30.4 Å². The number of aromatic nitrogens is 3. The lowest BCUT2D eigenvalue weighted by atomic mass is 10.1. The first-order chi connectivity index (χ1) is 10.8. The molecule has 1 aromatic heterocycles. The van der Waals surface area contributed by atoms with E-state index in [0.717, 1.165) is 48.9 Å². The highest BCUT2D eigenvalue weighted by molar-refractivity contribution is 5.57. The summed E-state index contributed by atoms with van der Waals surface area (Å²) in [6, 6.07) is 8.49. The van der Waals surface area contributed by atoms with Gasteiger partial charge in [0.05, 0.1) is 13.7 Å². The third-order valence-electron chi connectivity index (χ3n) is 3.92. The molecule has 3 rings (SSSR count). The van der Waals surface area contributed by atoms with Crippen LogP contribution < -0.4 is 10.1 Å². The number of ether oxygens (including phenoxy) is 1. The number of aryl methyl sites for hydroxylation is 2. The molecular weight excluding hydrogens is 276 g/mol. The van der Waals surface area contributed by atoms with E-state index in [1.807, 2.05) is 29.8 Å². The van der Waals surface area contributed by atoms with Crippen molar-refractivity contribution in [3.8, 4) is 5.75 Å². The highest BCUT2D eigenvalue weighted by atomic mass is 16.5. The van der Waals surface area contributed by atoms with E-state index in [9.17, 15) is 0 Å². The molecule has 0 radical (unpaired) electrons. The summed E-state index contributed by atoms with van der Waals surface area (Å²) in [4.78, 5) is 4.44. The second-order valence-corrected chi connectivity index (χ2v) is 5.55. The van der Waals surface area contributed by atoms with E-state index >= 15 is 0 Å². The summed E-state index contributed by atoms with van der Waals surface area (Å²) in [5.74, 6) is 2.88. The summed E-state index contributed by atoms with van der Waals surface area (Å²) < 4.78 is 7.37. The van der Waals surface area contributed by atoms with Crippen LogP contribution in [-0.2, 0) is 13.0 Å². The standard InChI is InChI=1S/C17H22N4O/c1-13-19-17-10-9-15(12-21(17)20-13)18-11-5-7-14-6-3-4-8-16(14)22-2/h3-8,15,18H,9-12H2,1-2H3/b7-5+/t15-/m1/s1. The summed E-state index contributed by atoms with van der Waals surface area (Å²) in [7, 11) is 1.70. The number of fused-ring (bicyclic) bond motifs is 1. The van der Waals surface area contributed by atoms with Crippen molar-refractivity contribution < 1.29 is 4.74 Å². The molecule has 2 heterocycles. The van der Waals surface area contributed by atoms with Gasteiger partial charge in [-0.2, -0.15) is 5.10 Å². The predicted molar refractivity (Wildman–Crippen MR) is 86.9 cm³/mol. The minimum absolute atomic E-state index is 0.455. The Labute approximate surface area is 131 Å². The molecule has 0 fully saturated rings. The van der Waals surface area contributed by atoms with Crippen LogP contribution in [0.5, 0.6) is 5.75 Å². The van der Waals surface area contributed by atoms with E-state index < -0.39 is 0 Å². The highest BCUT2D eigenvalue weighted by Crippen LogP contribution is 2.18. The van der Waals surface area contributed by atoms with Crippen molar-refractivity contribution in [2.75, 3.05) is 13.7 Å². The summed E-state index contributed by atoms with van der Waals surface area (Å²) in [5.41, 5.74) is 1.10. The molecule has 0 saturated carbocycles. The van der Waals surface area contributed by atoms with Crippen LogP contribution >= 0.6 is 0 Å². The Morgan fingerprint density at radius 3 is 3.14 bits per heavy atom. The maximum Gasteiger partial charge on any atom is 0.147 e. The monoisotopic (exact) mass is 298 g/mol. The molecule has 0 aliphatic carbocycles. The number of nitrogens with one attached hydrogen (secondary N) is 1. The Morgan fingerprint density at radius 2 is 2.27 bits per heavy atom. The number of hydrogen-bond acceptors (Lipinski definition) is 4. The van der Waals surface area contributed by atoms with Gasteiger partial charge in [-0.3, -0.25) is 0 Å². The normalized spacial score (nSPS) is 17.6. The van der Waals surface area contributed by atoms with E-state index in [0.29, 0.717) is 6.04 Å². The first-order valence-corrected chi connectivity index (χ1v) is 7.69. The lowest BCUT2D eigenvalue weighted by molar-refractivity contribution is 0.369. The maximum absolute atomic E-state index is 5.34. The molecule has 5 nitrogen and oxygen atoms in total.